The summed E-state index contributed by atoms with van der Waals surface area (Å²) in [5, 5.41) is 0. The fraction of sp³-hybridized carbons (Fsp3) is 0.364. The standard InChI is InChI=1S/C11H11BrClNO3S/c12-10-4-3-8(18(13,16)17)7-9(10)11(15)14-5-1-2-6-14/h3-4,7H,1-2,5-6H2. The highest BCUT2D eigenvalue weighted by atomic mass is 79.9. The van der Waals surface area contributed by atoms with Crippen LogP contribution < -0.4 is 0 Å². The zero-order chi connectivity index (χ0) is 13.3. The van der Waals surface area contributed by atoms with Crippen molar-refractivity contribution in [3.63, 3.8) is 0 Å². The van der Waals surface area contributed by atoms with Gasteiger partial charge in [-0.3, -0.25) is 4.79 Å². The highest BCUT2D eigenvalue weighted by Crippen LogP contribution is 2.25. The molecule has 1 aliphatic rings. The van der Waals surface area contributed by atoms with Crippen molar-refractivity contribution in [3.05, 3.63) is 28.2 Å². The van der Waals surface area contributed by atoms with E-state index in [-0.39, 0.29) is 10.8 Å². The Morgan fingerprint density at radius 1 is 1.28 bits per heavy atom. The van der Waals surface area contributed by atoms with Crippen molar-refractivity contribution in [1.29, 1.82) is 0 Å². The van der Waals surface area contributed by atoms with Gasteiger partial charge in [-0.15, -0.1) is 0 Å². The number of carbonyl (C=O) groups is 1. The van der Waals surface area contributed by atoms with E-state index in [9.17, 15) is 13.2 Å². The van der Waals surface area contributed by atoms with Crippen LogP contribution in [0.3, 0.4) is 0 Å². The summed E-state index contributed by atoms with van der Waals surface area (Å²) in [6.45, 7) is 1.42. The topological polar surface area (TPSA) is 54.5 Å². The predicted octanol–water partition coefficient (Wildman–Crippen LogP) is 2.61. The number of rotatable bonds is 2. The van der Waals surface area contributed by atoms with Gasteiger partial charge in [0.25, 0.3) is 15.0 Å². The third kappa shape index (κ3) is 2.87. The minimum absolute atomic E-state index is 0.0603. The van der Waals surface area contributed by atoms with Crippen molar-refractivity contribution >= 4 is 41.6 Å². The van der Waals surface area contributed by atoms with Crippen LogP contribution in [0.1, 0.15) is 23.2 Å². The number of hydrogen-bond donors (Lipinski definition) is 0. The zero-order valence-corrected chi connectivity index (χ0v) is 12.6. The quantitative estimate of drug-likeness (QED) is 0.769. The molecule has 98 valence electrons. The average Bonchev–Trinajstić information content (AvgIpc) is 2.80. The SMILES string of the molecule is O=C(c1cc(S(=O)(=O)Cl)ccc1Br)N1CCCC1. The van der Waals surface area contributed by atoms with Crippen LogP contribution in [-0.4, -0.2) is 32.3 Å². The summed E-state index contributed by atoms with van der Waals surface area (Å²) >= 11 is 3.26. The monoisotopic (exact) mass is 351 g/mol. The number of nitrogens with zero attached hydrogens (tertiary/aromatic N) is 1. The second kappa shape index (κ2) is 5.19. The van der Waals surface area contributed by atoms with Crippen molar-refractivity contribution in [1.82, 2.24) is 4.90 Å². The third-order valence-electron chi connectivity index (χ3n) is 2.84. The molecule has 0 spiro atoms. The van der Waals surface area contributed by atoms with E-state index in [4.69, 9.17) is 10.7 Å². The number of carbonyl (C=O) groups excluding carboxylic acids is 1. The smallest absolute Gasteiger partial charge is 0.261 e. The van der Waals surface area contributed by atoms with Crippen LogP contribution in [0.4, 0.5) is 0 Å². The van der Waals surface area contributed by atoms with Crippen LogP contribution in [0.15, 0.2) is 27.6 Å². The van der Waals surface area contributed by atoms with Gasteiger partial charge in [0.1, 0.15) is 0 Å². The van der Waals surface area contributed by atoms with E-state index in [0.717, 1.165) is 12.8 Å². The molecule has 1 aromatic carbocycles. The van der Waals surface area contributed by atoms with Gasteiger partial charge in [0, 0.05) is 28.2 Å². The molecule has 1 fully saturated rings. The number of amides is 1. The summed E-state index contributed by atoms with van der Waals surface area (Å²) in [5.74, 6) is -0.165. The first-order valence-electron chi connectivity index (χ1n) is 5.43. The van der Waals surface area contributed by atoms with E-state index in [0.29, 0.717) is 23.1 Å². The number of benzene rings is 1. The van der Waals surface area contributed by atoms with Gasteiger partial charge < -0.3 is 4.90 Å². The maximum Gasteiger partial charge on any atom is 0.261 e. The summed E-state index contributed by atoms with van der Waals surface area (Å²) in [4.78, 5) is 13.9. The molecule has 2 rings (SSSR count). The Morgan fingerprint density at radius 3 is 2.44 bits per heavy atom. The molecule has 0 radical (unpaired) electrons. The van der Waals surface area contributed by atoms with E-state index in [1.54, 1.807) is 4.90 Å². The molecule has 1 saturated heterocycles. The van der Waals surface area contributed by atoms with Crippen LogP contribution in [-0.2, 0) is 9.05 Å². The maximum absolute atomic E-state index is 12.2. The molecular formula is C11H11BrClNO3S. The molecular weight excluding hydrogens is 342 g/mol. The fourth-order valence-electron chi connectivity index (χ4n) is 1.91. The highest BCUT2D eigenvalue weighted by molar-refractivity contribution is 9.10. The minimum atomic E-state index is -3.82. The van der Waals surface area contributed by atoms with Crippen molar-refractivity contribution in [3.8, 4) is 0 Å². The van der Waals surface area contributed by atoms with Crippen molar-refractivity contribution < 1.29 is 13.2 Å². The second-order valence-corrected chi connectivity index (χ2v) is 7.50. The lowest BCUT2D eigenvalue weighted by Gasteiger charge is -2.16. The van der Waals surface area contributed by atoms with Crippen molar-refractivity contribution in [2.75, 3.05) is 13.1 Å². The molecule has 7 heteroatoms. The van der Waals surface area contributed by atoms with Gasteiger partial charge in [0.05, 0.1) is 10.5 Å². The van der Waals surface area contributed by atoms with E-state index < -0.39 is 9.05 Å². The van der Waals surface area contributed by atoms with Crippen LogP contribution in [0.25, 0.3) is 0 Å². The molecule has 0 atom stereocenters. The van der Waals surface area contributed by atoms with Gasteiger partial charge in [-0.05, 0) is 47.0 Å². The van der Waals surface area contributed by atoms with E-state index in [2.05, 4.69) is 15.9 Å². The number of hydrogen-bond acceptors (Lipinski definition) is 3. The molecule has 0 N–H and O–H groups in total. The van der Waals surface area contributed by atoms with Crippen LogP contribution >= 0.6 is 26.6 Å². The largest absolute Gasteiger partial charge is 0.339 e. The minimum Gasteiger partial charge on any atom is -0.339 e. The lowest BCUT2D eigenvalue weighted by Crippen LogP contribution is -2.28. The van der Waals surface area contributed by atoms with E-state index >= 15 is 0 Å². The fourth-order valence-corrected chi connectivity index (χ4v) is 3.10. The third-order valence-corrected chi connectivity index (χ3v) is 4.89. The van der Waals surface area contributed by atoms with Gasteiger partial charge in [0.15, 0.2) is 0 Å². The molecule has 0 aliphatic carbocycles. The first kappa shape index (κ1) is 13.8. The molecule has 0 bridgehead atoms. The molecule has 0 unspecified atom stereocenters. The summed E-state index contributed by atoms with van der Waals surface area (Å²) in [5.41, 5.74) is 0.332. The average molecular weight is 353 g/mol. The number of halogens is 2. The van der Waals surface area contributed by atoms with Gasteiger partial charge in [-0.25, -0.2) is 8.42 Å². The van der Waals surface area contributed by atoms with Crippen molar-refractivity contribution in [2.24, 2.45) is 0 Å². The predicted molar refractivity (Wildman–Crippen MR) is 72.3 cm³/mol. The maximum atomic E-state index is 12.2. The summed E-state index contributed by atoms with van der Waals surface area (Å²) in [6.07, 6.45) is 1.97. The molecule has 0 aromatic heterocycles. The zero-order valence-electron chi connectivity index (χ0n) is 9.40. The molecule has 18 heavy (non-hydrogen) atoms. The Bertz CT molecular complexity index is 582. The van der Waals surface area contributed by atoms with E-state index in [1.807, 2.05) is 0 Å². The Morgan fingerprint density at radius 2 is 1.89 bits per heavy atom. The Hall–Kier alpha value is -0.590. The summed E-state index contributed by atoms with van der Waals surface area (Å²) in [6, 6.07) is 4.21. The molecule has 1 amide bonds. The van der Waals surface area contributed by atoms with Gasteiger partial charge in [0.2, 0.25) is 0 Å². The Kier molecular flexibility index (Phi) is 3.99. The van der Waals surface area contributed by atoms with Gasteiger partial charge in [-0.1, -0.05) is 0 Å². The molecule has 4 nitrogen and oxygen atoms in total. The van der Waals surface area contributed by atoms with Gasteiger partial charge >= 0.3 is 0 Å². The highest BCUT2D eigenvalue weighted by Gasteiger charge is 2.23. The number of likely N-dealkylation sites (tertiary alicyclic amines) is 1. The molecule has 0 saturated carbocycles. The van der Waals surface area contributed by atoms with Crippen LogP contribution in [0.2, 0.25) is 0 Å². The summed E-state index contributed by atoms with van der Waals surface area (Å²) in [7, 11) is 1.46. The molecule has 1 heterocycles. The lowest BCUT2D eigenvalue weighted by atomic mass is 10.2. The Balaban J connectivity index is 2.40. The first-order chi connectivity index (χ1) is 8.39. The summed E-state index contributed by atoms with van der Waals surface area (Å²) < 4.78 is 23.1. The normalized spacial score (nSPS) is 16.0. The second-order valence-electron chi connectivity index (χ2n) is 4.08. The Labute approximate surface area is 118 Å². The molecule has 1 aromatic rings. The van der Waals surface area contributed by atoms with Crippen LogP contribution in [0.5, 0.6) is 0 Å². The molecule has 1 aliphatic heterocycles. The van der Waals surface area contributed by atoms with Gasteiger partial charge in [-0.2, -0.15) is 0 Å². The van der Waals surface area contributed by atoms with Crippen molar-refractivity contribution in [2.45, 2.75) is 17.7 Å². The van der Waals surface area contributed by atoms with E-state index in [1.165, 1.54) is 18.2 Å². The lowest BCUT2D eigenvalue weighted by molar-refractivity contribution is 0.0791. The van der Waals surface area contributed by atoms with Crippen LogP contribution in [0, 0.1) is 0 Å². The first-order valence-corrected chi connectivity index (χ1v) is 8.53.